The van der Waals surface area contributed by atoms with Crippen LogP contribution < -0.4 is 0 Å². The highest BCUT2D eigenvalue weighted by atomic mass is 16.5. The summed E-state index contributed by atoms with van der Waals surface area (Å²) in [7, 11) is 0. The second-order valence-corrected chi connectivity index (χ2v) is 8.23. The summed E-state index contributed by atoms with van der Waals surface area (Å²) in [6.45, 7) is 9.52. The molecule has 0 aliphatic carbocycles. The minimum atomic E-state index is -0.442. The Morgan fingerprint density at radius 1 is 0.700 bits per heavy atom. The van der Waals surface area contributed by atoms with E-state index in [9.17, 15) is 9.59 Å². The fourth-order valence-electron chi connectivity index (χ4n) is 3.72. The van der Waals surface area contributed by atoms with Crippen molar-refractivity contribution >= 4 is 11.9 Å². The Morgan fingerprint density at radius 3 is 1.43 bits per heavy atom. The summed E-state index contributed by atoms with van der Waals surface area (Å²) in [5, 5.41) is 0. The van der Waals surface area contributed by atoms with Crippen molar-refractivity contribution in [3.63, 3.8) is 0 Å². The van der Waals surface area contributed by atoms with Gasteiger partial charge in [0.25, 0.3) is 0 Å². The topological polar surface area (TPSA) is 52.6 Å². The maximum atomic E-state index is 12.6. The zero-order valence-electron chi connectivity index (χ0n) is 19.6. The van der Waals surface area contributed by atoms with Crippen molar-refractivity contribution in [2.24, 2.45) is 11.8 Å². The SMILES string of the molecule is CCCCC(CC)CCOC(=O)c1ccccc1C(=O)OCCC(CC)CCCC. The van der Waals surface area contributed by atoms with E-state index in [1.807, 2.05) is 0 Å². The monoisotopic (exact) mass is 418 g/mol. The van der Waals surface area contributed by atoms with E-state index in [1.54, 1.807) is 24.3 Å². The van der Waals surface area contributed by atoms with Crippen molar-refractivity contribution < 1.29 is 19.1 Å². The van der Waals surface area contributed by atoms with Gasteiger partial charge >= 0.3 is 11.9 Å². The average molecular weight is 419 g/mol. The molecular weight excluding hydrogens is 376 g/mol. The summed E-state index contributed by atoms with van der Waals surface area (Å²) in [5.74, 6) is 0.277. The molecule has 4 nitrogen and oxygen atoms in total. The van der Waals surface area contributed by atoms with E-state index >= 15 is 0 Å². The number of hydrogen-bond donors (Lipinski definition) is 0. The van der Waals surface area contributed by atoms with Gasteiger partial charge in [0.05, 0.1) is 24.3 Å². The van der Waals surface area contributed by atoms with Crippen LogP contribution in [0.1, 0.15) is 113 Å². The summed E-state index contributed by atoms with van der Waals surface area (Å²) in [4.78, 5) is 25.1. The number of carbonyl (C=O) groups is 2. The lowest BCUT2D eigenvalue weighted by Gasteiger charge is -2.16. The van der Waals surface area contributed by atoms with Gasteiger partial charge in [-0.2, -0.15) is 0 Å². The quantitative estimate of drug-likeness (QED) is 0.266. The van der Waals surface area contributed by atoms with Crippen LogP contribution in [0.3, 0.4) is 0 Å². The first-order chi connectivity index (χ1) is 14.6. The highest BCUT2D eigenvalue weighted by Crippen LogP contribution is 2.19. The molecule has 0 fully saturated rings. The highest BCUT2D eigenvalue weighted by Gasteiger charge is 2.20. The molecule has 1 aromatic rings. The Balaban J connectivity index is 2.57. The molecule has 0 aliphatic rings. The molecule has 0 spiro atoms. The van der Waals surface area contributed by atoms with Gasteiger partial charge in [-0.15, -0.1) is 0 Å². The molecule has 170 valence electrons. The van der Waals surface area contributed by atoms with Gasteiger partial charge in [-0.05, 0) is 36.8 Å². The van der Waals surface area contributed by atoms with Gasteiger partial charge < -0.3 is 9.47 Å². The zero-order chi connectivity index (χ0) is 22.2. The van der Waals surface area contributed by atoms with Gasteiger partial charge in [-0.25, -0.2) is 9.59 Å². The lowest BCUT2D eigenvalue weighted by molar-refractivity contribution is 0.0432. The van der Waals surface area contributed by atoms with Crippen LogP contribution in [-0.2, 0) is 9.47 Å². The van der Waals surface area contributed by atoms with Crippen molar-refractivity contribution in [1.29, 1.82) is 0 Å². The summed E-state index contributed by atoms with van der Waals surface area (Å²) < 4.78 is 11.0. The summed E-state index contributed by atoms with van der Waals surface area (Å²) >= 11 is 0. The smallest absolute Gasteiger partial charge is 0.339 e. The molecule has 0 amide bonds. The van der Waals surface area contributed by atoms with Crippen LogP contribution in [0.2, 0.25) is 0 Å². The number of esters is 2. The van der Waals surface area contributed by atoms with Crippen molar-refractivity contribution in [1.82, 2.24) is 0 Å². The Kier molecular flexibility index (Phi) is 13.9. The number of ether oxygens (including phenoxy) is 2. The molecule has 0 aliphatic heterocycles. The molecule has 0 heterocycles. The Hall–Kier alpha value is -1.84. The van der Waals surface area contributed by atoms with E-state index < -0.39 is 11.9 Å². The molecule has 4 heteroatoms. The Morgan fingerprint density at radius 2 is 1.10 bits per heavy atom. The molecule has 0 bridgehead atoms. The lowest BCUT2D eigenvalue weighted by Crippen LogP contribution is -2.16. The van der Waals surface area contributed by atoms with Crippen molar-refractivity contribution in [2.75, 3.05) is 13.2 Å². The molecular formula is C26H42O4. The van der Waals surface area contributed by atoms with Crippen LogP contribution in [0.4, 0.5) is 0 Å². The minimum Gasteiger partial charge on any atom is -0.462 e. The highest BCUT2D eigenvalue weighted by molar-refractivity contribution is 6.03. The molecule has 1 aromatic carbocycles. The summed E-state index contributed by atoms with van der Waals surface area (Å²) in [6.07, 6.45) is 11.0. The molecule has 30 heavy (non-hydrogen) atoms. The summed E-state index contributed by atoms with van der Waals surface area (Å²) in [5.41, 5.74) is 0.587. The zero-order valence-corrected chi connectivity index (χ0v) is 19.6. The fraction of sp³-hybridized carbons (Fsp3) is 0.692. The first-order valence-electron chi connectivity index (χ1n) is 12.0. The molecule has 0 saturated heterocycles. The second kappa shape index (κ2) is 15.9. The Bertz CT molecular complexity index is 558. The molecule has 0 saturated carbocycles. The number of hydrogen-bond acceptors (Lipinski definition) is 4. The first-order valence-corrected chi connectivity index (χ1v) is 12.0. The van der Waals surface area contributed by atoms with Crippen LogP contribution in [0.15, 0.2) is 24.3 Å². The number of unbranched alkanes of at least 4 members (excludes halogenated alkanes) is 2. The van der Waals surface area contributed by atoms with Crippen LogP contribution in [0.5, 0.6) is 0 Å². The molecule has 0 N–H and O–H groups in total. The van der Waals surface area contributed by atoms with Gasteiger partial charge in [0, 0.05) is 0 Å². The largest absolute Gasteiger partial charge is 0.462 e. The van der Waals surface area contributed by atoms with Gasteiger partial charge in [0.15, 0.2) is 0 Å². The maximum Gasteiger partial charge on any atom is 0.339 e. The van der Waals surface area contributed by atoms with Crippen LogP contribution in [-0.4, -0.2) is 25.2 Å². The molecule has 2 atom stereocenters. The lowest BCUT2D eigenvalue weighted by atomic mass is 9.96. The number of rotatable bonds is 16. The third-order valence-electron chi connectivity index (χ3n) is 5.97. The predicted molar refractivity (Wildman–Crippen MR) is 123 cm³/mol. The van der Waals surface area contributed by atoms with Gasteiger partial charge in [0.2, 0.25) is 0 Å². The maximum absolute atomic E-state index is 12.6. The van der Waals surface area contributed by atoms with Crippen LogP contribution in [0, 0.1) is 11.8 Å². The number of carbonyl (C=O) groups excluding carboxylic acids is 2. The molecule has 1 rings (SSSR count). The first kappa shape index (κ1) is 26.2. The molecule has 2 unspecified atom stereocenters. The van der Waals surface area contributed by atoms with E-state index in [1.165, 1.54) is 38.5 Å². The summed E-state index contributed by atoms with van der Waals surface area (Å²) in [6, 6.07) is 6.79. The van der Waals surface area contributed by atoms with E-state index in [2.05, 4.69) is 27.7 Å². The second-order valence-electron chi connectivity index (χ2n) is 8.23. The van der Waals surface area contributed by atoms with Crippen LogP contribution in [0.25, 0.3) is 0 Å². The van der Waals surface area contributed by atoms with Gasteiger partial charge in [0.1, 0.15) is 0 Å². The standard InChI is InChI=1S/C26H42O4/c1-5-9-13-21(7-3)17-19-29-25(27)23-15-11-12-16-24(23)26(28)30-20-18-22(8-4)14-10-6-2/h11-12,15-16,21-22H,5-10,13-14,17-20H2,1-4H3. The molecule has 0 radical (unpaired) electrons. The third kappa shape index (κ3) is 9.77. The third-order valence-corrected chi connectivity index (χ3v) is 5.97. The van der Waals surface area contributed by atoms with Crippen molar-refractivity contribution in [2.45, 2.75) is 91.9 Å². The average Bonchev–Trinajstić information content (AvgIpc) is 2.78. The predicted octanol–water partition coefficient (Wildman–Crippen LogP) is 7.21. The van der Waals surface area contributed by atoms with Crippen molar-refractivity contribution in [3.8, 4) is 0 Å². The van der Waals surface area contributed by atoms with E-state index in [0.29, 0.717) is 36.2 Å². The van der Waals surface area contributed by atoms with E-state index in [4.69, 9.17) is 9.47 Å². The minimum absolute atomic E-state index is 0.294. The van der Waals surface area contributed by atoms with E-state index in [-0.39, 0.29) is 0 Å². The molecule has 0 aromatic heterocycles. The normalized spacial score (nSPS) is 12.9. The fourth-order valence-corrected chi connectivity index (χ4v) is 3.72. The Labute approximate surface area is 183 Å². The van der Waals surface area contributed by atoms with E-state index in [0.717, 1.165) is 25.7 Å². The number of benzene rings is 1. The van der Waals surface area contributed by atoms with Gasteiger partial charge in [-0.3, -0.25) is 0 Å². The van der Waals surface area contributed by atoms with Crippen LogP contribution >= 0.6 is 0 Å². The van der Waals surface area contributed by atoms with Gasteiger partial charge in [-0.1, -0.05) is 91.2 Å². The van der Waals surface area contributed by atoms with Crippen molar-refractivity contribution in [3.05, 3.63) is 35.4 Å².